The second-order valence-electron chi connectivity index (χ2n) is 6.85. The van der Waals surface area contributed by atoms with Gasteiger partial charge < -0.3 is 0 Å². The molecule has 0 aliphatic rings. The Morgan fingerprint density at radius 2 is 0.667 bits per heavy atom. The fourth-order valence-electron chi connectivity index (χ4n) is 3.02. The van der Waals surface area contributed by atoms with E-state index in [0.717, 1.165) is 0 Å². The van der Waals surface area contributed by atoms with Gasteiger partial charge in [-0.25, -0.2) is 0 Å². The predicted molar refractivity (Wildman–Crippen MR) is 69.0 cm³/mol. The van der Waals surface area contributed by atoms with Crippen LogP contribution in [0.25, 0.3) is 0 Å². The van der Waals surface area contributed by atoms with Gasteiger partial charge in [0.1, 0.15) is 0 Å². The molecule has 3 heteroatoms. The van der Waals surface area contributed by atoms with Gasteiger partial charge in [-0.2, -0.15) is 0 Å². The average Bonchev–Trinajstić information content (AvgIpc) is 1.44. The maximum Gasteiger partial charge on any atom is 0.235 e. The SMILES string of the molecule is CC(C)(C)P(C(C)(C)C)C(C)(C)C.[IH2+].[Pd]. The Balaban J connectivity index is -0.000000720. The van der Waals surface area contributed by atoms with Gasteiger partial charge in [0.05, 0.1) is 0 Å². The number of rotatable bonds is 0. The summed E-state index contributed by atoms with van der Waals surface area (Å²) >= 11 is 0. The van der Waals surface area contributed by atoms with Crippen molar-refractivity contribution in [3.05, 3.63) is 0 Å². The molecule has 0 nitrogen and oxygen atoms in total. The molecule has 98 valence electrons. The van der Waals surface area contributed by atoms with Crippen molar-refractivity contribution in [3.63, 3.8) is 0 Å². The smallest absolute Gasteiger partial charge is 0.0901 e. The molecule has 0 bridgehead atoms. The average molecular weight is 438 g/mol. The van der Waals surface area contributed by atoms with Crippen molar-refractivity contribution in [1.82, 2.24) is 0 Å². The number of hydrogen-bond acceptors (Lipinski definition) is 0. The van der Waals surface area contributed by atoms with Gasteiger partial charge in [0.2, 0.25) is 24.0 Å². The van der Waals surface area contributed by atoms with Crippen LogP contribution in [-0.2, 0) is 20.4 Å². The van der Waals surface area contributed by atoms with Crippen LogP contribution in [-0.4, -0.2) is 15.5 Å². The van der Waals surface area contributed by atoms with E-state index in [-0.39, 0.29) is 52.3 Å². The van der Waals surface area contributed by atoms with Crippen molar-refractivity contribution in [2.75, 3.05) is 0 Å². The predicted octanol–water partition coefficient (Wildman–Crippen LogP) is 1.33. The van der Waals surface area contributed by atoms with Crippen LogP contribution < -0.4 is 24.0 Å². The van der Waals surface area contributed by atoms with Gasteiger partial charge in [-0.15, -0.1) is 0 Å². The van der Waals surface area contributed by atoms with E-state index in [9.17, 15) is 0 Å². The third kappa shape index (κ3) is 7.69. The molecule has 0 aromatic carbocycles. The largest absolute Gasteiger partial charge is 0.235 e. The second kappa shape index (κ2) is 6.67. The van der Waals surface area contributed by atoms with Crippen molar-refractivity contribution in [2.24, 2.45) is 0 Å². The van der Waals surface area contributed by atoms with Crippen LogP contribution in [0, 0.1) is 0 Å². The summed E-state index contributed by atoms with van der Waals surface area (Å²) in [6.45, 7) is 21.5. The summed E-state index contributed by atoms with van der Waals surface area (Å²) in [5.41, 5.74) is 0. The van der Waals surface area contributed by atoms with Crippen LogP contribution in [0.3, 0.4) is 0 Å². The summed E-state index contributed by atoms with van der Waals surface area (Å²) in [6, 6.07) is 0. The Bertz CT molecular complexity index is 138. The van der Waals surface area contributed by atoms with Crippen LogP contribution in [0.4, 0.5) is 0 Å². The van der Waals surface area contributed by atoms with Crippen LogP contribution in [0.2, 0.25) is 0 Å². The van der Waals surface area contributed by atoms with Gasteiger partial charge in [-0.05, 0) is 15.5 Å². The quantitative estimate of drug-likeness (QED) is 0.305. The van der Waals surface area contributed by atoms with E-state index in [4.69, 9.17) is 0 Å². The molecule has 0 aromatic heterocycles. The maximum absolute atomic E-state index is 2.38. The van der Waals surface area contributed by atoms with E-state index in [1.807, 2.05) is 0 Å². The van der Waals surface area contributed by atoms with Crippen molar-refractivity contribution in [1.29, 1.82) is 0 Å². The van der Waals surface area contributed by atoms with Gasteiger partial charge in [-0.3, -0.25) is 0 Å². The zero-order chi connectivity index (χ0) is 11.1. The number of halogens is 1. The van der Waals surface area contributed by atoms with Crippen LogP contribution in [0.5, 0.6) is 0 Å². The molecule has 0 unspecified atom stereocenters. The van der Waals surface area contributed by atoms with Gasteiger partial charge in [0.15, 0.2) is 0 Å². The zero-order valence-corrected chi connectivity index (χ0v) is 16.7. The van der Waals surface area contributed by atoms with Crippen molar-refractivity contribution < 1.29 is 44.4 Å². The van der Waals surface area contributed by atoms with Crippen LogP contribution in [0.15, 0.2) is 0 Å². The Morgan fingerprint density at radius 3 is 0.667 bits per heavy atom. The maximum atomic E-state index is 2.38. The summed E-state index contributed by atoms with van der Waals surface area (Å²) < 4.78 is 0. The summed E-state index contributed by atoms with van der Waals surface area (Å²) in [6.07, 6.45) is 0. The third-order valence-electron chi connectivity index (χ3n) is 2.01. The first-order valence-electron chi connectivity index (χ1n) is 5.17. The topological polar surface area (TPSA) is 0 Å². The molecule has 0 aliphatic heterocycles. The minimum absolute atomic E-state index is 0. The monoisotopic (exact) mass is 437 g/mol. The molecule has 0 N–H and O–H groups in total. The second-order valence-corrected chi connectivity index (χ2v) is 11.5. The van der Waals surface area contributed by atoms with E-state index in [0.29, 0.717) is 15.5 Å². The minimum Gasteiger partial charge on any atom is -0.0901 e. The summed E-state index contributed by atoms with van der Waals surface area (Å²) in [5.74, 6) is 0. The number of hydrogen-bond donors (Lipinski definition) is 0. The van der Waals surface area contributed by atoms with E-state index in [1.165, 1.54) is 0 Å². The molecule has 0 saturated heterocycles. The molecular formula is C12H29IPPd+. The normalized spacial score (nSPS) is 13.2. The van der Waals surface area contributed by atoms with Crippen LogP contribution >= 0.6 is 7.92 Å². The van der Waals surface area contributed by atoms with Gasteiger partial charge in [0, 0.05) is 20.4 Å². The molecule has 0 amide bonds. The summed E-state index contributed by atoms with van der Waals surface area (Å²) in [5, 5.41) is 1.35. The Labute approximate surface area is 129 Å². The first-order valence-corrected chi connectivity index (χ1v) is 6.51. The molecule has 0 spiro atoms. The molecule has 0 saturated carbocycles. The zero-order valence-electron chi connectivity index (χ0n) is 11.7. The Morgan fingerprint density at radius 1 is 0.533 bits per heavy atom. The third-order valence-corrected chi connectivity index (χ3v) is 6.04. The fraction of sp³-hybridized carbons (Fsp3) is 1.00. The Kier molecular flexibility index (Phi) is 9.81. The van der Waals surface area contributed by atoms with E-state index in [2.05, 4.69) is 62.3 Å². The van der Waals surface area contributed by atoms with Crippen molar-refractivity contribution in [3.8, 4) is 0 Å². The molecule has 0 aliphatic carbocycles. The molecule has 15 heavy (non-hydrogen) atoms. The van der Waals surface area contributed by atoms with Gasteiger partial charge in [0.25, 0.3) is 0 Å². The molecule has 0 aromatic rings. The van der Waals surface area contributed by atoms with Crippen LogP contribution in [0.1, 0.15) is 62.3 Å². The molecule has 0 rings (SSSR count). The molecular weight excluding hydrogens is 408 g/mol. The van der Waals surface area contributed by atoms with Gasteiger partial charge >= 0.3 is 0 Å². The molecule has 0 radical (unpaired) electrons. The molecule has 0 heterocycles. The molecule has 0 atom stereocenters. The molecule has 0 fully saturated rings. The van der Waals surface area contributed by atoms with E-state index < -0.39 is 0 Å². The fourth-order valence-corrected chi connectivity index (χ4v) is 9.06. The van der Waals surface area contributed by atoms with Crippen molar-refractivity contribution >= 4 is 7.92 Å². The first kappa shape index (κ1) is 22.0. The van der Waals surface area contributed by atoms with E-state index >= 15 is 0 Å². The Hall–Kier alpha value is 1.82. The van der Waals surface area contributed by atoms with Gasteiger partial charge in [-0.1, -0.05) is 70.2 Å². The van der Waals surface area contributed by atoms with Crippen molar-refractivity contribution in [2.45, 2.75) is 77.8 Å². The summed E-state index contributed by atoms with van der Waals surface area (Å²) in [4.78, 5) is 0. The summed E-state index contributed by atoms with van der Waals surface area (Å²) in [7, 11) is 0.0162. The first-order chi connectivity index (χ1) is 5.37. The minimum atomic E-state index is 0. The van der Waals surface area contributed by atoms with E-state index in [1.54, 1.807) is 0 Å². The standard InChI is InChI=1S/C12H27P.H2I.Pd/c1-10(2,3)13(11(4,5)6)12(7,8)9;;/h1-9H3;1H2;/q;+1;.